The molecule has 0 bridgehead atoms. The van der Waals surface area contributed by atoms with Crippen LogP contribution in [0, 0.1) is 0 Å². The second-order valence-electron chi connectivity index (χ2n) is 0.877. The van der Waals surface area contributed by atoms with Gasteiger partial charge in [0.05, 0.1) is 0 Å². The van der Waals surface area contributed by atoms with Crippen molar-refractivity contribution in [1.82, 2.24) is 0 Å². The minimum Gasteiger partial charge on any atom is -0.724 e. The van der Waals surface area contributed by atoms with Gasteiger partial charge in [-0.05, 0) is 6.08 Å². The predicted molar refractivity (Wildman–Crippen MR) is 20.1 cm³/mol. The van der Waals surface area contributed by atoms with E-state index in [4.69, 9.17) is 20.1 Å². The molecule has 0 aliphatic carbocycles. The van der Waals surface area contributed by atoms with Crippen LogP contribution < -0.4 is 64.2 Å². The molecule has 0 amide bonds. The van der Waals surface area contributed by atoms with Crippen molar-refractivity contribution in [3.05, 3.63) is 5.41 Å². The monoisotopic (exact) mass is 201 g/mol. The molecule has 0 N–H and O–H groups in total. The van der Waals surface area contributed by atoms with Crippen molar-refractivity contribution in [2.75, 3.05) is 0 Å². The zero-order valence-corrected chi connectivity index (χ0v) is 10.3. The molecule has 0 saturated heterocycles. The van der Waals surface area contributed by atoms with Crippen LogP contribution in [0.2, 0.25) is 0 Å². The van der Waals surface area contributed by atoms with E-state index in [1.165, 1.54) is 0 Å². The van der Waals surface area contributed by atoms with E-state index >= 15 is 0 Å². The number of carbonyl (C=O) groups excluding carboxylic acids is 2. The Labute approximate surface area is 110 Å². The maximum atomic E-state index is 10.5. The van der Waals surface area contributed by atoms with Crippen LogP contribution in [-0.2, 0) is 9.59 Å². The largest absolute Gasteiger partial charge is 1.00 e. The van der Waals surface area contributed by atoms with Gasteiger partial charge in [-0.2, -0.15) is 13.2 Å². The summed E-state index contributed by atoms with van der Waals surface area (Å²) in [7, 11) is 0. The van der Waals surface area contributed by atoms with E-state index in [1.54, 1.807) is 0 Å². The molecule has 0 aromatic carbocycles. The topological polar surface area (TPSA) is 79.5 Å². The van der Waals surface area contributed by atoms with Crippen LogP contribution in [0.1, 0.15) is 0 Å². The first-order valence-electron chi connectivity index (χ1n) is 1.65. The molecule has 0 aromatic heterocycles. The smallest absolute Gasteiger partial charge is 0.724 e. The van der Waals surface area contributed by atoms with Gasteiger partial charge in [0.15, 0.2) is 0 Å². The number of halogens is 3. The molecule has 9 heteroatoms. The van der Waals surface area contributed by atoms with Crippen LogP contribution in [0.15, 0.2) is 0 Å². The van der Waals surface area contributed by atoms with Crippen molar-refractivity contribution < 1.29 is 87.0 Å². The third kappa shape index (κ3) is 22.4. The summed E-state index contributed by atoms with van der Waals surface area (Å²) in [6.45, 7) is 0. The molecule has 58 valence electrons. The van der Waals surface area contributed by atoms with Gasteiger partial charge in [-0.1, -0.05) is 0 Å². The first-order chi connectivity index (χ1) is 4.36. The fourth-order valence-electron chi connectivity index (χ4n) is 0. The molecule has 0 aliphatic rings. The fraction of sp³-hybridized carbons (Fsp3) is 0.333. The molecular weight excluding hydrogens is 201 g/mol. The molecule has 0 heterocycles. The summed E-state index contributed by atoms with van der Waals surface area (Å²) >= 11 is 0. The van der Waals surface area contributed by atoms with Crippen molar-refractivity contribution in [3.63, 3.8) is 0 Å². The number of hydrogen-bond donors (Lipinski definition) is 0. The van der Waals surface area contributed by atoms with Crippen molar-refractivity contribution in [2.24, 2.45) is 0 Å². The van der Waals surface area contributed by atoms with Gasteiger partial charge >= 0.3 is 65.3 Å². The maximum absolute atomic E-state index is 10.5. The average molecular weight is 201 g/mol. The van der Waals surface area contributed by atoms with E-state index < -0.39 is 12.1 Å². The van der Waals surface area contributed by atoms with Crippen LogP contribution in [0.25, 0.3) is 5.41 Å². The predicted octanol–water partition coefficient (Wildman–Crippen LogP) is -6.80. The van der Waals surface area contributed by atoms with E-state index in [9.17, 15) is 13.2 Å². The Morgan fingerprint density at radius 3 is 1.42 bits per heavy atom. The van der Waals surface area contributed by atoms with Crippen LogP contribution in [-0.4, -0.2) is 18.2 Å². The quantitative estimate of drug-likeness (QED) is 0.222. The molecule has 0 aliphatic heterocycles. The molecule has 0 saturated carbocycles. The second kappa shape index (κ2) is 11.6. The first-order valence-corrected chi connectivity index (χ1v) is 1.65. The molecule has 0 spiro atoms. The van der Waals surface area contributed by atoms with Gasteiger partial charge in [-0.3, -0.25) is 4.79 Å². The van der Waals surface area contributed by atoms with Crippen LogP contribution in [0.5, 0.6) is 0 Å². The summed E-state index contributed by atoms with van der Waals surface area (Å²) in [6.07, 6.45) is -4.69. The molecule has 0 atom stereocenters. The van der Waals surface area contributed by atoms with Crippen molar-refractivity contribution in [2.45, 2.75) is 6.18 Å². The molecule has 12 heavy (non-hydrogen) atoms. The molecule has 0 fully saturated rings. The summed E-state index contributed by atoms with van der Waals surface area (Å²) in [4.78, 5) is 17.0. The average Bonchev–Trinajstić information content (AvgIpc) is 1.64. The Bertz CT molecular complexity index is 153. The van der Waals surface area contributed by atoms with E-state index in [0.717, 1.165) is 0 Å². The summed E-state index contributed by atoms with van der Waals surface area (Å²) in [5.74, 6) is -3.01. The number of aliphatic carboxylic acids is 1. The SMILES string of the molecule is O=C([O-])C(F)(F)F.[N-]=C=O.[Na+].[Na+]. The molecule has 0 unspecified atom stereocenters. The van der Waals surface area contributed by atoms with Gasteiger partial charge < -0.3 is 15.3 Å². The summed E-state index contributed by atoms with van der Waals surface area (Å²) < 4.78 is 31.5. The van der Waals surface area contributed by atoms with Gasteiger partial charge in [0, 0.05) is 0 Å². The third-order valence-electron chi connectivity index (χ3n) is 0.231. The van der Waals surface area contributed by atoms with Gasteiger partial charge in [0.2, 0.25) is 0 Å². The molecule has 0 aromatic rings. The summed E-state index contributed by atoms with van der Waals surface area (Å²) in [6, 6.07) is 0. The van der Waals surface area contributed by atoms with Crippen LogP contribution >= 0.6 is 0 Å². The van der Waals surface area contributed by atoms with Crippen LogP contribution in [0.4, 0.5) is 13.2 Å². The van der Waals surface area contributed by atoms with E-state index in [1.807, 2.05) is 0 Å². The van der Waals surface area contributed by atoms with E-state index in [0.29, 0.717) is 6.08 Å². The Morgan fingerprint density at radius 2 is 1.42 bits per heavy atom. The number of alkyl halides is 3. The number of hydrogen-bond acceptors (Lipinski definition) is 3. The Balaban J connectivity index is -0.0000000569. The third-order valence-corrected chi connectivity index (χ3v) is 0.231. The summed E-state index contributed by atoms with van der Waals surface area (Å²) in [5, 5.41) is 15.5. The zero-order valence-electron chi connectivity index (χ0n) is 6.31. The number of nitrogens with zero attached hydrogens (tertiary/aromatic N) is 1. The van der Waals surface area contributed by atoms with Gasteiger partial charge in [0.25, 0.3) is 0 Å². The van der Waals surface area contributed by atoms with E-state index in [2.05, 4.69) is 0 Å². The first kappa shape index (κ1) is 22.9. The number of rotatable bonds is 0. The van der Waals surface area contributed by atoms with Crippen molar-refractivity contribution in [1.29, 1.82) is 0 Å². The van der Waals surface area contributed by atoms with E-state index in [-0.39, 0.29) is 59.1 Å². The Morgan fingerprint density at radius 1 is 1.33 bits per heavy atom. The minimum absolute atomic E-state index is 0. The molecular formula is C3F3NNa2O3. The van der Waals surface area contributed by atoms with Gasteiger partial charge in [-0.15, -0.1) is 0 Å². The number of carbonyl (C=O) groups is 1. The molecule has 0 rings (SSSR count). The Kier molecular flexibility index (Phi) is 22.3. The second-order valence-corrected chi connectivity index (χ2v) is 0.877. The van der Waals surface area contributed by atoms with Crippen molar-refractivity contribution >= 4 is 12.0 Å². The minimum atomic E-state index is -5.19. The molecule has 4 nitrogen and oxygen atoms in total. The zero-order chi connectivity index (χ0) is 8.78. The van der Waals surface area contributed by atoms with Gasteiger partial charge in [0.1, 0.15) is 5.97 Å². The maximum Gasteiger partial charge on any atom is 1.00 e. The molecule has 0 radical (unpaired) electrons. The standard InChI is InChI=1S/C2HF3O2.CNO.2Na/c3-2(4,5)1(6)7;2-1-3;;/h(H,6,7);;;/q;-1;2*+1/p-1. The van der Waals surface area contributed by atoms with Crippen LogP contribution in [0.3, 0.4) is 0 Å². The normalized spacial score (nSPS) is 7.25. The van der Waals surface area contributed by atoms with Gasteiger partial charge in [-0.25, -0.2) is 0 Å². The summed E-state index contributed by atoms with van der Waals surface area (Å²) in [5.41, 5.74) is 0. The number of carboxylic acid groups (broad SMARTS) is 1. The van der Waals surface area contributed by atoms with Crippen molar-refractivity contribution in [3.8, 4) is 0 Å². The number of isocyanates is 1. The Hall–Kier alpha value is 0.640. The number of carboxylic acids is 1. The fourth-order valence-corrected chi connectivity index (χ4v) is 0.